The van der Waals surface area contributed by atoms with Crippen molar-refractivity contribution in [2.75, 3.05) is 16.8 Å². The predicted octanol–water partition coefficient (Wildman–Crippen LogP) is 2.76. The minimum absolute atomic E-state index is 0.0418. The number of benzene rings is 1. The standard InChI is InChI=1S/C16H19N3O2/c1-11-9-13-5-3-4-6-14(13)19(11)8-7-16(20)17-15-10-12(2)21-18-15/h3-6,10-11H,7-9H2,1-2H3,(H,17,18,20)/t11-/m1/s1. The molecular formula is C16H19N3O2. The van der Waals surface area contributed by atoms with Gasteiger partial charge in [0.15, 0.2) is 5.82 Å². The van der Waals surface area contributed by atoms with Crippen LogP contribution in [0.25, 0.3) is 0 Å². The van der Waals surface area contributed by atoms with Crippen molar-refractivity contribution in [1.29, 1.82) is 0 Å². The zero-order chi connectivity index (χ0) is 14.8. The third kappa shape index (κ3) is 2.91. The number of nitrogens with zero attached hydrogens (tertiary/aromatic N) is 2. The summed E-state index contributed by atoms with van der Waals surface area (Å²) >= 11 is 0. The van der Waals surface area contributed by atoms with Crippen LogP contribution in [0.2, 0.25) is 0 Å². The first kappa shape index (κ1) is 13.7. The molecule has 0 aliphatic carbocycles. The number of aromatic nitrogens is 1. The summed E-state index contributed by atoms with van der Waals surface area (Å²) in [5.41, 5.74) is 2.60. The highest BCUT2D eigenvalue weighted by Gasteiger charge is 2.25. The Labute approximate surface area is 123 Å². The monoisotopic (exact) mass is 285 g/mol. The molecule has 0 unspecified atom stereocenters. The molecule has 1 aliphatic heterocycles. The molecule has 0 saturated heterocycles. The number of hydrogen-bond donors (Lipinski definition) is 1. The van der Waals surface area contributed by atoms with Gasteiger partial charge in [0.2, 0.25) is 5.91 Å². The van der Waals surface area contributed by atoms with E-state index in [2.05, 4.69) is 40.5 Å². The normalized spacial score (nSPS) is 16.9. The lowest BCUT2D eigenvalue weighted by Crippen LogP contribution is -2.32. The molecule has 3 rings (SSSR count). The lowest BCUT2D eigenvalue weighted by molar-refractivity contribution is -0.116. The maximum absolute atomic E-state index is 12.0. The number of hydrogen-bond acceptors (Lipinski definition) is 4. The van der Waals surface area contributed by atoms with E-state index in [9.17, 15) is 4.79 Å². The molecule has 1 N–H and O–H groups in total. The quantitative estimate of drug-likeness (QED) is 0.938. The average Bonchev–Trinajstić information content (AvgIpc) is 2.99. The second kappa shape index (κ2) is 5.60. The minimum atomic E-state index is -0.0418. The molecule has 5 heteroatoms. The number of anilines is 2. The molecule has 1 amide bonds. The van der Waals surface area contributed by atoms with Crippen molar-refractivity contribution in [1.82, 2.24) is 5.16 Å². The van der Waals surface area contributed by atoms with Crippen LogP contribution in [0.1, 0.15) is 24.7 Å². The van der Waals surface area contributed by atoms with Gasteiger partial charge in [-0.15, -0.1) is 0 Å². The number of fused-ring (bicyclic) bond motifs is 1. The molecule has 21 heavy (non-hydrogen) atoms. The van der Waals surface area contributed by atoms with Gasteiger partial charge in [-0.05, 0) is 31.9 Å². The summed E-state index contributed by atoms with van der Waals surface area (Å²) in [6, 6.07) is 10.5. The Morgan fingerprint density at radius 3 is 3.05 bits per heavy atom. The second-order valence-electron chi connectivity index (χ2n) is 5.50. The van der Waals surface area contributed by atoms with E-state index in [1.54, 1.807) is 13.0 Å². The van der Waals surface area contributed by atoms with E-state index in [0.717, 1.165) is 6.42 Å². The Morgan fingerprint density at radius 1 is 1.48 bits per heavy atom. The van der Waals surface area contributed by atoms with Crippen molar-refractivity contribution in [3.05, 3.63) is 41.7 Å². The molecule has 1 atom stereocenters. The molecule has 0 radical (unpaired) electrons. The molecule has 0 spiro atoms. The van der Waals surface area contributed by atoms with E-state index < -0.39 is 0 Å². The number of carbonyl (C=O) groups excluding carboxylic acids is 1. The molecule has 0 bridgehead atoms. The zero-order valence-corrected chi connectivity index (χ0v) is 12.3. The highest BCUT2D eigenvalue weighted by atomic mass is 16.5. The van der Waals surface area contributed by atoms with Gasteiger partial charge >= 0.3 is 0 Å². The molecule has 110 valence electrons. The van der Waals surface area contributed by atoms with Crippen LogP contribution < -0.4 is 10.2 Å². The van der Waals surface area contributed by atoms with Gasteiger partial charge in [0, 0.05) is 30.8 Å². The van der Waals surface area contributed by atoms with Crippen molar-refractivity contribution in [3.8, 4) is 0 Å². The van der Waals surface area contributed by atoms with Crippen LogP contribution >= 0.6 is 0 Å². The van der Waals surface area contributed by atoms with E-state index in [-0.39, 0.29) is 5.91 Å². The van der Waals surface area contributed by atoms with E-state index in [4.69, 9.17) is 4.52 Å². The Hall–Kier alpha value is -2.30. The molecule has 1 aliphatic rings. The molecule has 1 aromatic heterocycles. The molecule has 0 saturated carbocycles. The first-order valence-corrected chi connectivity index (χ1v) is 7.21. The smallest absolute Gasteiger partial charge is 0.227 e. The van der Waals surface area contributed by atoms with E-state index in [0.29, 0.717) is 30.6 Å². The Kier molecular flexibility index (Phi) is 3.64. The summed E-state index contributed by atoms with van der Waals surface area (Å²) in [7, 11) is 0. The molecule has 1 aromatic carbocycles. The van der Waals surface area contributed by atoms with Gasteiger partial charge < -0.3 is 14.7 Å². The molecule has 2 aromatic rings. The summed E-state index contributed by atoms with van der Waals surface area (Å²) in [6.45, 7) is 4.70. The van der Waals surface area contributed by atoms with Gasteiger partial charge in [0.25, 0.3) is 0 Å². The van der Waals surface area contributed by atoms with Crippen LogP contribution in [0.3, 0.4) is 0 Å². The number of aryl methyl sites for hydroxylation is 1. The van der Waals surface area contributed by atoms with Crippen LogP contribution in [0.4, 0.5) is 11.5 Å². The molecular weight excluding hydrogens is 266 g/mol. The largest absolute Gasteiger partial charge is 0.368 e. The predicted molar refractivity (Wildman–Crippen MR) is 81.4 cm³/mol. The lowest BCUT2D eigenvalue weighted by Gasteiger charge is -2.24. The van der Waals surface area contributed by atoms with E-state index in [1.165, 1.54) is 11.3 Å². The second-order valence-corrected chi connectivity index (χ2v) is 5.50. The van der Waals surface area contributed by atoms with Crippen molar-refractivity contribution in [2.45, 2.75) is 32.7 Å². The number of amides is 1. The SMILES string of the molecule is Cc1cc(NC(=O)CCN2c3ccccc3C[C@H]2C)no1. The van der Waals surface area contributed by atoms with Crippen LogP contribution in [0.5, 0.6) is 0 Å². The Balaban J connectivity index is 1.59. The van der Waals surface area contributed by atoms with Gasteiger partial charge in [-0.25, -0.2) is 0 Å². The number of rotatable bonds is 4. The third-order valence-electron chi connectivity index (χ3n) is 3.82. The summed E-state index contributed by atoms with van der Waals surface area (Å²) in [5.74, 6) is 1.12. The topological polar surface area (TPSA) is 58.4 Å². The molecule has 2 heterocycles. The van der Waals surface area contributed by atoms with E-state index in [1.807, 2.05) is 6.07 Å². The first-order chi connectivity index (χ1) is 10.1. The summed E-state index contributed by atoms with van der Waals surface area (Å²) in [6.07, 6.45) is 1.48. The highest BCUT2D eigenvalue weighted by molar-refractivity contribution is 5.90. The average molecular weight is 285 g/mol. The number of carbonyl (C=O) groups is 1. The van der Waals surface area contributed by atoms with Gasteiger partial charge in [-0.2, -0.15) is 0 Å². The van der Waals surface area contributed by atoms with Gasteiger partial charge in [0.1, 0.15) is 5.76 Å². The Bertz CT molecular complexity index is 650. The van der Waals surface area contributed by atoms with Crippen LogP contribution in [0.15, 0.2) is 34.9 Å². The maximum atomic E-state index is 12.0. The van der Waals surface area contributed by atoms with Crippen molar-refractivity contribution in [2.24, 2.45) is 0 Å². The van der Waals surface area contributed by atoms with Gasteiger partial charge in [-0.1, -0.05) is 23.4 Å². The van der Waals surface area contributed by atoms with E-state index >= 15 is 0 Å². The summed E-state index contributed by atoms with van der Waals surface area (Å²) < 4.78 is 4.93. The van der Waals surface area contributed by atoms with Crippen molar-refractivity contribution in [3.63, 3.8) is 0 Å². The first-order valence-electron chi connectivity index (χ1n) is 7.21. The molecule has 0 fully saturated rings. The zero-order valence-electron chi connectivity index (χ0n) is 12.3. The fourth-order valence-electron chi connectivity index (χ4n) is 2.82. The van der Waals surface area contributed by atoms with Crippen molar-refractivity contribution >= 4 is 17.4 Å². The molecule has 5 nitrogen and oxygen atoms in total. The summed E-state index contributed by atoms with van der Waals surface area (Å²) in [4.78, 5) is 14.3. The highest BCUT2D eigenvalue weighted by Crippen LogP contribution is 2.31. The van der Waals surface area contributed by atoms with Crippen LogP contribution in [-0.4, -0.2) is 23.7 Å². The number of para-hydroxylation sites is 1. The Morgan fingerprint density at radius 2 is 2.29 bits per heavy atom. The third-order valence-corrected chi connectivity index (χ3v) is 3.82. The van der Waals surface area contributed by atoms with Crippen molar-refractivity contribution < 1.29 is 9.32 Å². The fourth-order valence-corrected chi connectivity index (χ4v) is 2.82. The number of nitrogens with one attached hydrogen (secondary N) is 1. The summed E-state index contributed by atoms with van der Waals surface area (Å²) in [5, 5.41) is 6.52. The lowest BCUT2D eigenvalue weighted by atomic mass is 10.1. The maximum Gasteiger partial charge on any atom is 0.227 e. The van der Waals surface area contributed by atoms with Gasteiger partial charge in [-0.3, -0.25) is 4.79 Å². The van der Waals surface area contributed by atoms with Gasteiger partial charge in [0.05, 0.1) is 0 Å². The minimum Gasteiger partial charge on any atom is -0.368 e. The van der Waals surface area contributed by atoms with Crippen LogP contribution in [-0.2, 0) is 11.2 Å². The van der Waals surface area contributed by atoms with Crippen LogP contribution in [0, 0.1) is 6.92 Å². The fraction of sp³-hybridized carbons (Fsp3) is 0.375.